The summed E-state index contributed by atoms with van der Waals surface area (Å²) in [6.45, 7) is 3.51. The molecule has 186 valence electrons. The van der Waals surface area contributed by atoms with Crippen LogP contribution >= 0.6 is 0 Å². The van der Waals surface area contributed by atoms with E-state index in [4.69, 9.17) is 9.84 Å². The third-order valence-corrected chi connectivity index (χ3v) is 8.87. The Morgan fingerprint density at radius 1 is 1.09 bits per heavy atom. The Morgan fingerprint density at radius 3 is 2.24 bits per heavy atom. The maximum absolute atomic E-state index is 13.5. The number of carboxylic acids is 1. The van der Waals surface area contributed by atoms with Crippen LogP contribution < -0.4 is 9.46 Å². The first-order valence-corrected chi connectivity index (χ1v) is 12.5. The third-order valence-electron chi connectivity index (χ3n) is 6.44. The van der Waals surface area contributed by atoms with E-state index in [0.717, 1.165) is 37.5 Å². The van der Waals surface area contributed by atoms with Gasteiger partial charge in [0.25, 0.3) is 0 Å². The summed E-state index contributed by atoms with van der Waals surface area (Å²) in [4.78, 5) is 11.0. The Bertz CT molecular complexity index is 1120. The average Bonchev–Trinajstić information content (AvgIpc) is 2.78. The molecule has 1 aliphatic carbocycles. The van der Waals surface area contributed by atoms with Crippen LogP contribution in [0.4, 0.5) is 18.9 Å². The van der Waals surface area contributed by atoms with Crippen LogP contribution in [0.15, 0.2) is 42.5 Å². The zero-order valence-electron chi connectivity index (χ0n) is 19.0. The van der Waals surface area contributed by atoms with Gasteiger partial charge in [-0.2, -0.15) is 13.2 Å². The molecule has 0 heterocycles. The summed E-state index contributed by atoms with van der Waals surface area (Å²) < 4.78 is 74.1. The maximum atomic E-state index is 13.5. The number of carbonyl (C=O) groups is 1. The molecule has 2 N–H and O–H groups in total. The minimum absolute atomic E-state index is 0.0581. The molecule has 0 aromatic heterocycles. The Kier molecular flexibility index (Phi) is 7.50. The summed E-state index contributed by atoms with van der Waals surface area (Å²) >= 11 is 0. The number of carboxylic acid groups (broad SMARTS) is 1. The van der Waals surface area contributed by atoms with E-state index in [1.165, 1.54) is 24.3 Å². The van der Waals surface area contributed by atoms with Crippen molar-refractivity contribution in [2.24, 2.45) is 5.92 Å². The average molecular weight is 500 g/mol. The summed E-state index contributed by atoms with van der Waals surface area (Å²) in [6, 6.07) is 8.33. The zero-order valence-corrected chi connectivity index (χ0v) is 19.8. The van der Waals surface area contributed by atoms with E-state index >= 15 is 0 Å². The normalized spacial score (nSPS) is 16.3. The van der Waals surface area contributed by atoms with Crippen molar-refractivity contribution in [3.8, 4) is 5.75 Å². The number of sulfonamides is 1. The molecule has 0 atom stereocenters. The number of alkyl halides is 3. The molecular weight excluding hydrogens is 471 g/mol. The number of nitrogens with one attached hydrogen (secondary N) is 1. The Labute approximate surface area is 197 Å². The van der Waals surface area contributed by atoms with Crippen LogP contribution in [0, 0.1) is 5.92 Å². The molecule has 0 spiro atoms. The molecule has 0 saturated heterocycles. The fraction of sp³-hybridized carbons (Fsp3) is 0.458. The maximum Gasteiger partial charge on any atom is 0.416 e. The van der Waals surface area contributed by atoms with Crippen molar-refractivity contribution in [3.05, 3.63) is 59.2 Å². The monoisotopic (exact) mass is 499 g/mol. The van der Waals surface area contributed by atoms with Gasteiger partial charge in [-0.15, -0.1) is 0 Å². The molecule has 10 heteroatoms. The SMILES string of the molecule is CC(C)C1(S(=O)(=O)Nc2ccc(C(F)(F)F)cc2OCc2ccc(C(=O)O)cc2)CCCCC1. The van der Waals surface area contributed by atoms with Gasteiger partial charge in [0, 0.05) is 0 Å². The molecule has 0 unspecified atom stereocenters. The van der Waals surface area contributed by atoms with Crippen LogP contribution in [0.5, 0.6) is 5.75 Å². The van der Waals surface area contributed by atoms with E-state index in [1.54, 1.807) is 0 Å². The summed E-state index contributed by atoms with van der Waals surface area (Å²) in [5, 5.41) is 9.00. The van der Waals surface area contributed by atoms with Crippen molar-refractivity contribution >= 4 is 21.7 Å². The topological polar surface area (TPSA) is 92.7 Å². The van der Waals surface area contributed by atoms with Crippen LogP contribution in [0.25, 0.3) is 0 Å². The fourth-order valence-corrected chi connectivity index (χ4v) is 6.47. The molecule has 0 amide bonds. The number of anilines is 1. The first-order valence-electron chi connectivity index (χ1n) is 11.0. The van der Waals surface area contributed by atoms with Crippen LogP contribution in [0.2, 0.25) is 0 Å². The molecular formula is C24H28F3NO5S. The largest absolute Gasteiger partial charge is 0.487 e. The number of hydrogen-bond acceptors (Lipinski definition) is 4. The van der Waals surface area contributed by atoms with Gasteiger partial charge in [0.05, 0.1) is 21.6 Å². The van der Waals surface area contributed by atoms with E-state index in [0.29, 0.717) is 18.4 Å². The molecule has 2 aromatic rings. The Hall–Kier alpha value is -2.75. The fourth-order valence-electron chi connectivity index (χ4n) is 4.36. The second kappa shape index (κ2) is 9.85. The van der Waals surface area contributed by atoms with E-state index < -0.39 is 32.5 Å². The molecule has 6 nitrogen and oxygen atoms in total. The first kappa shape index (κ1) is 25.9. The third kappa shape index (κ3) is 5.48. The van der Waals surface area contributed by atoms with Crippen molar-refractivity contribution in [1.29, 1.82) is 0 Å². The van der Waals surface area contributed by atoms with Gasteiger partial charge in [-0.1, -0.05) is 45.2 Å². The van der Waals surface area contributed by atoms with E-state index in [2.05, 4.69) is 4.72 Å². The highest BCUT2D eigenvalue weighted by atomic mass is 32.2. The highest BCUT2D eigenvalue weighted by Gasteiger charge is 2.47. The van der Waals surface area contributed by atoms with E-state index in [9.17, 15) is 26.4 Å². The lowest BCUT2D eigenvalue weighted by Gasteiger charge is -2.40. The predicted octanol–water partition coefficient (Wildman–Crippen LogP) is 6.08. The number of aromatic carboxylic acids is 1. The summed E-state index contributed by atoms with van der Waals surface area (Å²) in [5.74, 6) is -1.55. The lowest BCUT2D eigenvalue weighted by atomic mass is 9.81. The molecule has 1 aliphatic rings. The molecule has 2 aromatic carbocycles. The highest BCUT2D eigenvalue weighted by Crippen LogP contribution is 2.43. The summed E-state index contributed by atoms with van der Waals surface area (Å²) in [7, 11) is -3.94. The molecule has 0 radical (unpaired) electrons. The second-order valence-electron chi connectivity index (χ2n) is 8.89. The molecule has 0 bridgehead atoms. The van der Waals surface area contributed by atoms with E-state index in [-0.39, 0.29) is 29.5 Å². The Morgan fingerprint density at radius 2 is 1.71 bits per heavy atom. The van der Waals surface area contributed by atoms with Crippen LogP contribution in [0.1, 0.15) is 67.4 Å². The molecule has 1 saturated carbocycles. The summed E-state index contributed by atoms with van der Waals surface area (Å²) in [5.41, 5.74) is -0.464. The molecule has 34 heavy (non-hydrogen) atoms. The second-order valence-corrected chi connectivity index (χ2v) is 10.9. The number of rotatable bonds is 8. The first-order chi connectivity index (χ1) is 15.9. The van der Waals surface area contributed by atoms with Crippen molar-refractivity contribution in [2.75, 3.05) is 4.72 Å². The van der Waals surface area contributed by atoms with Crippen LogP contribution in [-0.4, -0.2) is 24.2 Å². The standard InChI is InChI=1S/C24H28F3NO5S/c1-16(2)23(12-4-3-5-13-23)34(31,32)28-20-11-10-19(24(25,26)27)14-21(20)33-15-17-6-8-18(9-7-17)22(29)30/h6-11,14,16,28H,3-5,12-13,15H2,1-2H3,(H,29,30). The van der Waals surface area contributed by atoms with Crippen molar-refractivity contribution < 1.29 is 36.2 Å². The molecule has 1 fully saturated rings. The summed E-state index contributed by atoms with van der Waals surface area (Å²) in [6.07, 6.45) is -1.20. The lowest BCUT2D eigenvalue weighted by Crippen LogP contribution is -2.48. The lowest BCUT2D eigenvalue weighted by molar-refractivity contribution is -0.137. The smallest absolute Gasteiger partial charge is 0.416 e. The number of hydrogen-bond donors (Lipinski definition) is 2. The number of halogens is 3. The van der Waals surface area contributed by atoms with Gasteiger partial charge in [-0.05, 0) is 54.7 Å². The molecule has 0 aliphatic heterocycles. The van der Waals surface area contributed by atoms with Gasteiger partial charge >= 0.3 is 12.1 Å². The number of ether oxygens (including phenoxy) is 1. The highest BCUT2D eigenvalue weighted by molar-refractivity contribution is 7.94. The van der Waals surface area contributed by atoms with Crippen molar-refractivity contribution in [3.63, 3.8) is 0 Å². The van der Waals surface area contributed by atoms with Crippen molar-refractivity contribution in [2.45, 2.75) is 63.5 Å². The number of benzene rings is 2. The van der Waals surface area contributed by atoms with Crippen molar-refractivity contribution in [1.82, 2.24) is 0 Å². The minimum Gasteiger partial charge on any atom is -0.487 e. The zero-order chi connectivity index (χ0) is 25.1. The van der Waals surface area contributed by atoms with Gasteiger partial charge in [0.15, 0.2) is 0 Å². The van der Waals surface area contributed by atoms with Crippen LogP contribution in [-0.2, 0) is 22.8 Å². The van der Waals surface area contributed by atoms with Gasteiger partial charge in [0.1, 0.15) is 12.4 Å². The van der Waals surface area contributed by atoms with Gasteiger partial charge in [-0.3, -0.25) is 4.72 Å². The van der Waals surface area contributed by atoms with Gasteiger partial charge < -0.3 is 9.84 Å². The van der Waals surface area contributed by atoms with Gasteiger partial charge in [0.2, 0.25) is 10.0 Å². The molecule has 3 rings (SSSR count). The quantitative estimate of drug-likeness (QED) is 0.459. The predicted molar refractivity (Wildman–Crippen MR) is 122 cm³/mol. The van der Waals surface area contributed by atoms with Gasteiger partial charge in [-0.25, -0.2) is 13.2 Å². The Balaban J connectivity index is 1.92. The minimum atomic E-state index is -4.64. The van der Waals surface area contributed by atoms with Crippen LogP contribution in [0.3, 0.4) is 0 Å². The van der Waals surface area contributed by atoms with E-state index in [1.807, 2.05) is 13.8 Å².